The second kappa shape index (κ2) is 6.88. The highest BCUT2D eigenvalue weighted by Crippen LogP contribution is 2.26. The maximum Gasteiger partial charge on any atom is 0.0446 e. The van der Waals surface area contributed by atoms with Crippen molar-refractivity contribution in [3.63, 3.8) is 0 Å². The Morgan fingerprint density at radius 3 is 2.44 bits per heavy atom. The first-order valence-electron chi connectivity index (χ1n) is 7.83. The molecule has 2 fully saturated rings. The molecule has 0 bridgehead atoms. The monoisotopic (exact) mass is 254 g/mol. The maximum atomic E-state index is 9.27. The summed E-state index contributed by atoms with van der Waals surface area (Å²) in [6.07, 6.45) is 7.99. The van der Waals surface area contributed by atoms with Crippen molar-refractivity contribution >= 4 is 0 Å². The molecule has 106 valence electrons. The minimum Gasteiger partial charge on any atom is -0.396 e. The van der Waals surface area contributed by atoms with Crippen molar-refractivity contribution in [3.8, 4) is 0 Å². The van der Waals surface area contributed by atoms with E-state index < -0.39 is 0 Å². The largest absolute Gasteiger partial charge is 0.396 e. The smallest absolute Gasteiger partial charge is 0.0446 e. The van der Waals surface area contributed by atoms with Crippen molar-refractivity contribution < 1.29 is 5.11 Å². The number of aliphatic hydroxyl groups excluding tert-OH is 1. The summed E-state index contributed by atoms with van der Waals surface area (Å²) in [6.45, 7) is 8.46. The molecule has 0 radical (unpaired) electrons. The van der Waals surface area contributed by atoms with E-state index in [1.807, 2.05) is 0 Å². The number of hydrogen-bond acceptors (Lipinski definition) is 3. The van der Waals surface area contributed by atoms with Crippen LogP contribution in [0.25, 0.3) is 0 Å². The molecule has 1 saturated carbocycles. The average molecular weight is 254 g/mol. The predicted octanol–water partition coefficient (Wildman–Crippen LogP) is 2.10. The predicted molar refractivity (Wildman–Crippen MR) is 75.8 cm³/mol. The molecular weight excluding hydrogens is 224 g/mol. The van der Waals surface area contributed by atoms with Crippen molar-refractivity contribution in [2.45, 2.75) is 70.5 Å². The Labute approximate surface area is 112 Å². The lowest BCUT2D eigenvalue weighted by Crippen LogP contribution is -2.58. The molecule has 18 heavy (non-hydrogen) atoms. The number of rotatable bonds is 4. The van der Waals surface area contributed by atoms with Gasteiger partial charge >= 0.3 is 0 Å². The van der Waals surface area contributed by atoms with Crippen LogP contribution in [0, 0.1) is 0 Å². The molecule has 0 aromatic rings. The highest BCUT2D eigenvalue weighted by molar-refractivity contribution is 4.88. The Balaban J connectivity index is 1.92. The first-order valence-corrected chi connectivity index (χ1v) is 7.83. The third kappa shape index (κ3) is 3.46. The summed E-state index contributed by atoms with van der Waals surface area (Å²) in [5.74, 6) is 0. The van der Waals surface area contributed by atoms with Crippen LogP contribution >= 0.6 is 0 Å². The molecule has 2 aliphatic rings. The van der Waals surface area contributed by atoms with Crippen LogP contribution in [0.4, 0.5) is 0 Å². The summed E-state index contributed by atoms with van der Waals surface area (Å²) >= 11 is 0. The van der Waals surface area contributed by atoms with Crippen LogP contribution in [0.15, 0.2) is 0 Å². The van der Waals surface area contributed by atoms with Gasteiger partial charge in [0.25, 0.3) is 0 Å². The molecule has 3 heteroatoms. The molecule has 1 aliphatic carbocycles. The van der Waals surface area contributed by atoms with Crippen LogP contribution in [0.2, 0.25) is 0 Å². The molecule has 1 N–H and O–H groups in total. The lowest BCUT2D eigenvalue weighted by Gasteiger charge is -2.47. The van der Waals surface area contributed by atoms with Gasteiger partial charge in [0.2, 0.25) is 0 Å². The second-order valence-electron chi connectivity index (χ2n) is 6.28. The maximum absolute atomic E-state index is 9.27. The van der Waals surface area contributed by atoms with E-state index in [-0.39, 0.29) is 0 Å². The molecule has 0 aromatic carbocycles. The van der Waals surface area contributed by atoms with Gasteiger partial charge < -0.3 is 5.11 Å². The van der Waals surface area contributed by atoms with Crippen LogP contribution < -0.4 is 0 Å². The third-order valence-electron chi connectivity index (χ3n) is 4.78. The molecule has 3 nitrogen and oxygen atoms in total. The van der Waals surface area contributed by atoms with E-state index in [4.69, 9.17) is 0 Å². The van der Waals surface area contributed by atoms with Crippen molar-refractivity contribution in [3.05, 3.63) is 0 Å². The van der Waals surface area contributed by atoms with Gasteiger partial charge in [-0.3, -0.25) is 9.80 Å². The molecule has 2 rings (SSSR count). The summed E-state index contributed by atoms with van der Waals surface area (Å²) in [4.78, 5) is 5.29. The van der Waals surface area contributed by atoms with Crippen LogP contribution in [-0.2, 0) is 0 Å². The second-order valence-corrected chi connectivity index (χ2v) is 6.28. The Bertz CT molecular complexity index is 239. The summed E-state index contributed by atoms with van der Waals surface area (Å²) in [5.41, 5.74) is 0. The molecule has 0 aromatic heterocycles. The summed E-state index contributed by atoms with van der Waals surface area (Å²) < 4.78 is 0. The zero-order valence-corrected chi connectivity index (χ0v) is 12.1. The highest BCUT2D eigenvalue weighted by atomic mass is 16.3. The molecule has 0 spiro atoms. The molecule has 1 aliphatic heterocycles. The van der Waals surface area contributed by atoms with Crippen molar-refractivity contribution in [1.82, 2.24) is 9.80 Å². The van der Waals surface area contributed by atoms with E-state index in [2.05, 4.69) is 23.6 Å². The molecule has 0 amide bonds. The van der Waals surface area contributed by atoms with Gasteiger partial charge in [0.1, 0.15) is 0 Å². The first-order chi connectivity index (χ1) is 8.72. The minimum absolute atomic E-state index is 0.326. The number of nitrogens with zero attached hydrogens (tertiary/aromatic N) is 2. The molecule has 0 unspecified atom stereocenters. The van der Waals surface area contributed by atoms with E-state index in [1.54, 1.807) is 0 Å². The Kier molecular flexibility index (Phi) is 5.46. The topological polar surface area (TPSA) is 26.7 Å². The fraction of sp³-hybridized carbons (Fsp3) is 1.00. The van der Waals surface area contributed by atoms with Crippen LogP contribution in [-0.4, -0.2) is 59.3 Å². The van der Waals surface area contributed by atoms with Gasteiger partial charge in [-0.25, -0.2) is 0 Å². The lowest BCUT2D eigenvalue weighted by atomic mass is 9.92. The molecule has 1 atom stereocenters. The van der Waals surface area contributed by atoms with E-state index in [1.165, 1.54) is 51.7 Å². The Hall–Kier alpha value is -0.120. The fourth-order valence-corrected chi connectivity index (χ4v) is 3.76. The Morgan fingerprint density at radius 1 is 1.11 bits per heavy atom. The number of hydrogen-bond donors (Lipinski definition) is 1. The van der Waals surface area contributed by atoms with Gasteiger partial charge in [0, 0.05) is 44.4 Å². The van der Waals surface area contributed by atoms with E-state index >= 15 is 0 Å². The van der Waals surface area contributed by atoms with Crippen LogP contribution in [0.3, 0.4) is 0 Å². The first kappa shape index (κ1) is 14.3. The van der Waals surface area contributed by atoms with Crippen molar-refractivity contribution in [2.24, 2.45) is 0 Å². The van der Waals surface area contributed by atoms with Gasteiger partial charge in [0.05, 0.1) is 0 Å². The van der Waals surface area contributed by atoms with Crippen molar-refractivity contribution in [1.29, 1.82) is 0 Å². The lowest BCUT2D eigenvalue weighted by molar-refractivity contribution is 0.0106. The highest BCUT2D eigenvalue weighted by Gasteiger charge is 2.31. The van der Waals surface area contributed by atoms with Crippen LogP contribution in [0.5, 0.6) is 0 Å². The Morgan fingerprint density at radius 2 is 1.83 bits per heavy atom. The van der Waals surface area contributed by atoms with Crippen LogP contribution in [0.1, 0.15) is 52.4 Å². The fourth-order valence-electron chi connectivity index (χ4n) is 3.76. The average Bonchev–Trinajstić information content (AvgIpc) is 2.40. The standard InChI is InChI=1S/C15H30N2O/c1-13(2)17-10-9-16(12-15(17)8-11-18)14-6-4-3-5-7-14/h13-15,18H,3-12H2,1-2H3/t15-/m0/s1. The van der Waals surface area contributed by atoms with E-state index in [0.717, 1.165) is 12.5 Å². The van der Waals surface area contributed by atoms with Crippen molar-refractivity contribution in [2.75, 3.05) is 26.2 Å². The molecular formula is C15H30N2O. The van der Waals surface area contributed by atoms with E-state index in [0.29, 0.717) is 18.7 Å². The number of aliphatic hydroxyl groups is 1. The van der Waals surface area contributed by atoms with E-state index in [9.17, 15) is 5.11 Å². The van der Waals surface area contributed by atoms with Gasteiger partial charge in [-0.1, -0.05) is 19.3 Å². The zero-order chi connectivity index (χ0) is 13.0. The number of piperazine rings is 1. The third-order valence-corrected chi connectivity index (χ3v) is 4.78. The molecule has 1 saturated heterocycles. The van der Waals surface area contributed by atoms with Gasteiger partial charge in [-0.2, -0.15) is 0 Å². The minimum atomic E-state index is 0.326. The quantitative estimate of drug-likeness (QED) is 0.832. The van der Waals surface area contributed by atoms with Gasteiger partial charge in [-0.05, 0) is 33.1 Å². The summed E-state index contributed by atoms with van der Waals surface area (Å²) in [5, 5.41) is 9.27. The summed E-state index contributed by atoms with van der Waals surface area (Å²) in [6, 6.07) is 2.00. The molecule has 1 heterocycles. The SMILES string of the molecule is CC(C)N1CCN(C2CCCCC2)C[C@@H]1CCO. The zero-order valence-electron chi connectivity index (χ0n) is 12.1. The van der Waals surface area contributed by atoms with Gasteiger partial charge in [0.15, 0.2) is 0 Å². The normalized spacial score (nSPS) is 29.0. The van der Waals surface area contributed by atoms with Gasteiger partial charge in [-0.15, -0.1) is 0 Å². The summed E-state index contributed by atoms with van der Waals surface area (Å²) in [7, 11) is 0.